The van der Waals surface area contributed by atoms with E-state index in [1.165, 1.54) is 43.2 Å². The van der Waals surface area contributed by atoms with Crippen molar-refractivity contribution in [1.82, 2.24) is 15.2 Å². The molecule has 1 aliphatic carbocycles. The Morgan fingerprint density at radius 2 is 1.88 bits per heavy atom. The number of nitrogens with zero attached hydrogens (tertiary/aromatic N) is 2. The molecule has 3 N–H and O–H groups in total. The maximum atomic E-state index is 10.3. The average Bonchev–Trinajstić information content (AvgIpc) is 3.51. The second-order valence-electron chi connectivity index (χ2n) is 9.05. The lowest BCUT2D eigenvalue weighted by Gasteiger charge is -2.39. The zero-order chi connectivity index (χ0) is 22.8. The zero-order valence-corrected chi connectivity index (χ0v) is 19.3. The molecule has 2 aromatic carbocycles. The third kappa shape index (κ3) is 4.11. The third-order valence-electron chi connectivity index (χ3n) is 7.16. The lowest BCUT2D eigenvalue weighted by molar-refractivity contribution is 0.267. The number of rotatable bonds is 7. The molecule has 0 aliphatic heterocycles. The maximum Gasteiger partial charge on any atom is 0.118 e. The van der Waals surface area contributed by atoms with Crippen LogP contribution in [-0.2, 0) is 6.61 Å². The van der Waals surface area contributed by atoms with Gasteiger partial charge in [0.25, 0.3) is 0 Å². The van der Waals surface area contributed by atoms with E-state index in [4.69, 9.17) is 4.74 Å². The van der Waals surface area contributed by atoms with E-state index in [9.17, 15) is 5.11 Å². The molecule has 33 heavy (non-hydrogen) atoms. The number of ether oxygens (including phenoxy) is 1. The molecule has 0 bridgehead atoms. The Labute approximate surface area is 194 Å². The van der Waals surface area contributed by atoms with Crippen molar-refractivity contribution < 1.29 is 9.84 Å². The number of fused-ring (bicyclic) bond motifs is 1. The summed E-state index contributed by atoms with van der Waals surface area (Å²) < 4.78 is 5.35. The van der Waals surface area contributed by atoms with Gasteiger partial charge in [0.05, 0.1) is 31.1 Å². The minimum Gasteiger partial charge on any atom is -0.497 e. The first-order valence-corrected chi connectivity index (χ1v) is 11.8. The van der Waals surface area contributed by atoms with Gasteiger partial charge in [-0.1, -0.05) is 19.3 Å². The number of anilines is 1. The van der Waals surface area contributed by atoms with Crippen LogP contribution in [0.2, 0.25) is 0 Å². The Kier molecular flexibility index (Phi) is 6.09. The van der Waals surface area contributed by atoms with E-state index in [0.717, 1.165) is 33.8 Å². The van der Waals surface area contributed by atoms with E-state index >= 15 is 0 Å². The third-order valence-corrected chi connectivity index (χ3v) is 7.16. The summed E-state index contributed by atoms with van der Waals surface area (Å²) in [5.74, 6) is 1.31. The van der Waals surface area contributed by atoms with Crippen LogP contribution in [0.5, 0.6) is 5.75 Å². The minimum absolute atomic E-state index is 0.0631. The minimum atomic E-state index is -0.0631. The first-order valence-electron chi connectivity index (χ1n) is 11.8. The molecule has 2 heterocycles. The highest BCUT2D eigenvalue weighted by atomic mass is 16.5. The van der Waals surface area contributed by atoms with E-state index in [2.05, 4.69) is 51.4 Å². The molecule has 4 aromatic rings. The standard InChI is InChI=1S/C27H32N4O2/c1-31(21-10-13-23-20(16-21)14-15-28-23)27(19-6-4-3-5-7-19)25-24(17-32)29-30-26(25)18-8-11-22(33-2)12-9-18/h8-16,19,27-28,32H,3-7,17H2,1-2H3,(H,29,30). The lowest BCUT2D eigenvalue weighted by Crippen LogP contribution is -2.32. The number of aliphatic hydroxyl groups is 1. The Balaban J connectivity index is 1.62. The normalized spacial score (nSPS) is 15.6. The van der Waals surface area contributed by atoms with E-state index in [1.54, 1.807) is 7.11 Å². The molecule has 1 saturated carbocycles. The predicted octanol–water partition coefficient (Wildman–Crippen LogP) is 5.82. The van der Waals surface area contributed by atoms with Gasteiger partial charge in [-0.15, -0.1) is 0 Å². The number of benzene rings is 2. The van der Waals surface area contributed by atoms with Gasteiger partial charge in [0.2, 0.25) is 0 Å². The molecule has 1 aliphatic rings. The van der Waals surface area contributed by atoms with Crippen LogP contribution in [0, 0.1) is 5.92 Å². The molecule has 1 atom stereocenters. The van der Waals surface area contributed by atoms with Crippen molar-refractivity contribution in [3.8, 4) is 17.0 Å². The molecule has 1 fully saturated rings. The Hall–Kier alpha value is -3.25. The maximum absolute atomic E-state index is 10.3. The van der Waals surface area contributed by atoms with Crippen LogP contribution in [0.3, 0.4) is 0 Å². The van der Waals surface area contributed by atoms with Crippen molar-refractivity contribution >= 4 is 16.6 Å². The summed E-state index contributed by atoms with van der Waals surface area (Å²) in [5, 5.41) is 19.3. The molecular weight excluding hydrogens is 412 g/mol. The fourth-order valence-electron chi connectivity index (χ4n) is 5.41. The lowest BCUT2D eigenvalue weighted by atomic mass is 9.79. The summed E-state index contributed by atoms with van der Waals surface area (Å²) in [7, 11) is 3.85. The molecule has 0 radical (unpaired) electrons. The molecule has 1 unspecified atom stereocenters. The van der Waals surface area contributed by atoms with Gasteiger partial charge in [0.15, 0.2) is 0 Å². The zero-order valence-electron chi connectivity index (χ0n) is 19.3. The number of hydrogen-bond donors (Lipinski definition) is 3. The van der Waals surface area contributed by atoms with Crippen molar-refractivity contribution in [3.05, 3.63) is 66.0 Å². The van der Waals surface area contributed by atoms with Gasteiger partial charge in [-0.05, 0) is 67.3 Å². The Morgan fingerprint density at radius 1 is 1.09 bits per heavy atom. The van der Waals surface area contributed by atoms with Crippen LogP contribution in [0.1, 0.15) is 49.4 Å². The summed E-state index contributed by atoms with van der Waals surface area (Å²) in [6.07, 6.45) is 8.13. The number of aliphatic hydroxyl groups excluding tert-OH is 1. The highest BCUT2D eigenvalue weighted by molar-refractivity contribution is 5.83. The summed E-state index contributed by atoms with van der Waals surface area (Å²) in [6.45, 7) is -0.0631. The number of hydrogen-bond acceptors (Lipinski definition) is 4. The molecule has 0 saturated heterocycles. The second-order valence-corrected chi connectivity index (χ2v) is 9.05. The van der Waals surface area contributed by atoms with Crippen molar-refractivity contribution in [3.63, 3.8) is 0 Å². The quantitative estimate of drug-likeness (QED) is 0.336. The van der Waals surface area contributed by atoms with Crippen LogP contribution < -0.4 is 9.64 Å². The van der Waals surface area contributed by atoms with Gasteiger partial charge in [-0.25, -0.2) is 0 Å². The monoisotopic (exact) mass is 444 g/mol. The van der Waals surface area contributed by atoms with Gasteiger partial charge in [-0.2, -0.15) is 5.10 Å². The largest absolute Gasteiger partial charge is 0.497 e. The molecule has 6 nitrogen and oxygen atoms in total. The number of methoxy groups -OCH3 is 1. The van der Waals surface area contributed by atoms with E-state index in [0.29, 0.717) is 5.92 Å². The fourth-order valence-corrected chi connectivity index (χ4v) is 5.41. The van der Waals surface area contributed by atoms with Gasteiger partial charge in [0.1, 0.15) is 5.75 Å². The summed E-state index contributed by atoms with van der Waals surface area (Å²) >= 11 is 0. The molecule has 0 spiro atoms. The smallest absolute Gasteiger partial charge is 0.118 e. The predicted molar refractivity (Wildman–Crippen MR) is 133 cm³/mol. The first-order chi connectivity index (χ1) is 16.2. The van der Waals surface area contributed by atoms with Gasteiger partial charge in [0, 0.05) is 41.0 Å². The molecular formula is C27H32N4O2. The van der Waals surface area contributed by atoms with Gasteiger partial charge in [-0.3, -0.25) is 5.10 Å². The molecule has 172 valence electrons. The topological polar surface area (TPSA) is 77.2 Å². The van der Waals surface area contributed by atoms with Crippen molar-refractivity contribution in [2.75, 3.05) is 19.1 Å². The highest BCUT2D eigenvalue weighted by Crippen LogP contribution is 2.44. The summed E-state index contributed by atoms with van der Waals surface area (Å²) in [4.78, 5) is 5.68. The Bertz CT molecular complexity index is 1200. The van der Waals surface area contributed by atoms with Crippen LogP contribution >= 0.6 is 0 Å². The van der Waals surface area contributed by atoms with E-state index in [-0.39, 0.29) is 12.6 Å². The van der Waals surface area contributed by atoms with Crippen molar-refractivity contribution in [2.45, 2.75) is 44.8 Å². The van der Waals surface area contributed by atoms with Crippen LogP contribution in [-0.4, -0.2) is 34.4 Å². The molecule has 0 amide bonds. The number of aromatic nitrogens is 3. The van der Waals surface area contributed by atoms with Crippen molar-refractivity contribution in [2.24, 2.45) is 5.92 Å². The average molecular weight is 445 g/mol. The number of aromatic amines is 2. The number of nitrogens with one attached hydrogen (secondary N) is 2. The Morgan fingerprint density at radius 3 is 2.61 bits per heavy atom. The second kappa shape index (κ2) is 9.32. The highest BCUT2D eigenvalue weighted by Gasteiger charge is 2.34. The van der Waals surface area contributed by atoms with Crippen LogP contribution in [0.25, 0.3) is 22.2 Å². The van der Waals surface area contributed by atoms with Crippen LogP contribution in [0.15, 0.2) is 54.7 Å². The first kappa shape index (κ1) is 21.6. The van der Waals surface area contributed by atoms with Gasteiger partial charge >= 0.3 is 0 Å². The molecule has 2 aromatic heterocycles. The fraction of sp³-hybridized carbons (Fsp3) is 0.370. The van der Waals surface area contributed by atoms with E-state index < -0.39 is 0 Å². The molecule has 6 heteroatoms. The molecule has 5 rings (SSSR count). The summed E-state index contributed by atoms with van der Waals surface area (Å²) in [6, 6.07) is 16.8. The van der Waals surface area contributed by atoms with E-state index in [1.807, 2.05) is 30.5 Å². The van der Waals surface area contributed by atoms with Crippen molar-refractivity contribution in [1.29, 1.82) is 0 Å². The van der Waals surface area contributed by atoms with Crippen LogP contribution in [0.4, 0.5) is 5.69 Å². The van der Waals surface area contributed by atoms with Gasteiger partial charge < -0.3 is 19.7 Å². The SMILES string of the molecule is COc1ccc(-c2n[nH]c(CO)c2C(C2CCCCC2)N(C)c2ccc3[nH]ccc3c2)cc1. The summed E-state index contributed by atoms with van der Waals surface area (Å²) in [5.41, 5.74) is 6.14. The number of H-pyrrole nitrogens is 2.